The fraction of sp³-hybridized carbons (Fsp3) is 0.333. The molecule has 18 heavy (non-hydrogen) atoms. The van der Waals surface area contributed by atoms with Gasteiger partial charge >= 0.3 is 0 Å². The van der Waals surface area contributed by atoms with Crippen LogP contribution in [0, 0.1) is 0 Å². The maximum absolute atomic E-state index is 11.6. The SMILES string of the molecule is CNC(=O)c1ccc(N2CC(O)CC2=O)cc1Cl. The Labute approximate surface area is 109 Å². The molecule has 1 saturated heterocycles. The van der Waals surface area contributed by atoms with Crippen LogP contribution in [0.4, 0.5) is 5.69 Å². The van der Waals surface area contributed by atoms with Crippen molar-refractivity contribution in [2.75, 3.05) is 18.5 Å². The van der Waals surface area contributed by atoms with Crippen molar-refractivity contribution in [1.29, 1.82) is 0 Å². The Balaban J connectivity index is 2.29. The van der Waals surface area contributed by atoms with Crippen LogP contribution in [-0.4, -0.2) is 36.6 Å². The number of halogens is 1. The van der Waals surface area contributed by atoms with E-state index in [4.69, 9.17) is 11.6 Å². The van der Waals surface area contributed by atoms with Gasteiger partial charge in [-0.2, -0.15) is 0 Å². The number of aliphatic hydroxyl groups excluding tert-OH is 1. The normalized spacial score (nSPS) is 19.2. The molecule has 1 aromatic carbocycles. The maximum Gasteiger partial charge on any atom is 0.252 e. The molecule has 1 aliphatic heterocycles. The number of amides is 2. The predicted molar refractivity (Wildman–Crippen MR) is 67.8 cm³/mol. The zero-order chi connectivity index (χ0) is 13.3. The average molecular weight is 269 g/mol. The molecule has 2 amide bonds. The van der Waals surface area contributed by atoms with E-state index in [1.54, 1.807) is 18.2 Å². The third kappa shape index (κ3) is 2.32. The highest BCUT2D eigenvalue weighted by Crippen LogP contribution is 2.27. The molecule has 0 saturated carbocycles. The molecule has 2 rings (SSSR count). The van der Waals surface area contributed by atoms with Gasteiger partial charge in [-0.25, -0.2) is 0 Å². The Morgan fingerprint density at radius 1 is 1.56 bits per heavy atom. The fourth-order valence-electron chi connectivity index (χ4n) is 1.93. The van der Waals surface area contributed by atoms with Gasteiger partial charge in [-0.05, 0) is 18.2 Å². The van der Waals surface area contributed by atoms with Crippen LogP contribution in [0.25, 0.3) is 0 Å². The fourth-order valence-corrected chi connectivity index (χ4v) is 2.19. The molecule has 1 atom stereocenters. The summed E-state index contributed by atoms with van der Waals surface area (Å²) in [6, 6.07) is 4.77. The Hall–Kier alpha value is -1.59. The highest BCUT2D eigenvalue weighted by molar-refractivity contribution is 6.34. The highest BCUT2D eigenvalue weighted by atomic mass is 35.5. The molecule has 0 radical (unpaired) electrons. The minimum absolute atomic E-state index is 0.120. The lowest BCUT2D eigenvalue weighted by atomic mass is 10.2. The number of hydrogen-bond acceptors (Lipinski definition) is 3. The van der Waals surface area contributed by atoms with Gasteiger partial charge in [0, 0.05) is 12.7 Å². The summed E-state index contributed by atoms with van der Waals surface area (Å²) < 4.78 is 0. The standard InChI is InChI=1S/C12H13ClN2O3/c1-14-12(18)9-3-2-7(4-10(9)13)15-6-8(16)5-11(15)17/h2-4,8,16H,5-6H2,1H3,(H,14,18). The van der Waals surface area contributed by atoms with Gasteiger partial charge in [0.05, 0.1) is 29.7 Å². The first kappa shape index (κ1) is 12.9. The van der Waals surface area contributed by atoms with Crippen molar-refractivity contribution >= 4 is 29.1 Å². The second kappa shape index (κ2) is 4.96. The Morgan fingerprint density at radius 3 is 2.78 bits per heavy atom. The molecule has 1 aromatic rings. The summed E-state index contributed by atoms with van der Waals surface area (Å²) in [4.78, 5) is 24.5. The van der Waals surface area contributed by atoms with Crippen LogP contribution in [-0.2, 0) is 4.79 Å². The molecule has 0 spiro atoms. The molecule has 1 fully saturated rings. The summed E-state index contributed by atoms with van der Waals surface area (Å²) >= 11 is 6.00. The third-order valence-corrected chi connectivity index (χ3v) is 3.15. The molecule has 6 heteroatoms. The van der Waals surface area contributed by atoms with Gasteiger partial charge in [0.2, 0.25) is 5.91 Å². The Kier molecular flexibility index (Phi) is 3.54. The van der Waals surface area contributed by atoms with Gasteiger partial charge in [-0.1, -0.05) is 11.6 Å². The van der Waals surface area contributed by atoms with Crippen LogP contribution >= 0.6 is 11.6 Å². The molecule has 1 aliphatic rings. The van der Waals surface area contributed by atoms with Crippen LogP contribution < -0.4 is 10.2 Å². The lowest BCUT2D eigenvalue weighted by Crippen LogP contribution is -2.25. The van der Waals surface area contributed by atoms with Crippen molar-refractivity contribution in [3.63, 3.8) is 0 Å². The van der Waals surface area contributed by atoms with E-state index in [1.807, 2.05) is 0 Å². The van der Waals surface area contributed by atoms with E-state index < -0.39 is 6.10 Å². The zero-order valence-electron chi connectivity index (χ0n) is 9.81. The van der Waals surface area contributed by atoms with E-state index in [0.29, 0.717) is 11.3 Å². The van der Waals surface area contributed by atoms with Gasteiger partial charge < -0.3 is 15.3 Å². The van der Waals surface area contributed by atoms with Crippen LogP contribution in [0.15, 0.2) is 18.2 Å². The van der Waals surface area contributed by atoms with E-state index in [9.17, 15) is 14.7 Å². The Morgan fingerprint density at radius 2 is 2.28 bits per heavy atom. The number of carbonyl (C=O) groups is 2. The largest absolute Gasteiger partial charge is 0.391 e. The third-order valence-electron chi connectivity index (χ3n) is 2.84. The Bertz CT molecular complexity index is 504. The molecule has 0 aliphatic carbocycles. The average Bonchev–Trinajstić information content (AvgIpc) is 2.67. The lowest BCUT2D eigenvalue weighted by molar-refractivity contribution is -0.117. The summed E-state index contributed by atoms with van der Waals surface area (Å²) in [7, 11) is 1.52. The topological polar surface area (TPSA) is 69.6 Å². The number of nitrogens with zero attached hydrogens (tertiary/aromatic N) is 1. The first-order valence-electron chi connectivity index (χ1n) is 5.53. The number of hydrogen-bond donors (Lipinski definition) is 2. The van der Waals surface area contributed by atoms with Gasteiger partial charge in [0.1, 0.15) is 0 Å². The molecule has 1 unspecified atom stereocenters. The van der Waals surface area contributed by atoms with E-state index in [1.165, 1.54) is 11.9 Å². The summed E-state index contributed by atoms with van der Waals surface area (Å²) in [5, 5.41) is 12.2. The quantitative estimate of drug-likeness (QED) is 0.833. The van der Waals surface area contributed by atoms with E-state index in [0.717, 1.165) is 0 Å². The first-order valence-corrected chi connectivity index (χ1v) is 5.90. The van der Waals surface area contributed by atoms with Crippen LogP contribution in [0.5, 0.6) is 0 Å². The minimum atomic E-state index is -0.644. The maximum atomic E-state index is 11.6. The molecule has 1 heterocycles. The van der Waals surface area contributed by atoms with E-state index in [2.05, 4.69) is 5.32 Å². The first-order chi connectivity index (χ1) is 8.52. The smallest absolute Gasteiger partial charge is 0.252 e. The zero-order valence-corrected chi connectivity index (χ0v) is 10.6. The van der Waals surface area contributed by atoms with Crippen molar-refractivity contribution in [3.8, 4) is 0 Å². The van der Waals surface area contributed by atoms with Gasteiger partial charge in [0.25, 0.3) is 5.91 Å². The number of β-amino-alcohol motifs (C(OH)–C–C–N with tert-alkyl or cyclic N) is 1. The van der Waals surface area contributed by atoms with Crippen LogP contribution in [0.1, 0.15) is 16.8 Å². The van der Waals surface area contributed by atoms with Crippen molar-refractivity contribution in [3.05, 3.63) is 28.8 Å². The van der Waals surface area contributed by atoms with Crippen LogP contribution in [0.2, 0.25) is 5.02 Å². The number of anilines is 1. The summed E-state index contributed by atoms with van der Waals surface area (Å²) in [5.41, 5.74) is 0.948. The van der Waals surface area contributed by atoms with E-state index in [-0.39, 0.29) is 29.8 Å². The lowest BCUT2D eigenvalue weighted by Gasteiger charge is -2.16. The second-order valence-corrected chi connectivity index (χ2v) is 4.51. The molecule has 0 aromatic heterocycles. The predicted octanol–water partition coefficient (Wildman–Crippen LogP) is 0.797. The summed E-state index contributed by atoms with van der Waals surface area (Å²) in [6.45, 7) is 0.258. The van der Waals surface area contributed by atoms with Crippen LogP contribution in [0.3, 0.4) is 0 Å². The molecular formula is C12H13ClN2O3. The van der Waals surface area contributed by atoms with E-state index >= 15 is 0 Å². The van der Waals surface area contributed by atoms with Crippen molar-refractivity contribution in [2.24, 2.45) is 0 Å². The second-order valence-electron chi connectivity index (χ2n) is 4.11. The molecule has 0 bridgehead atoms. The van der Waals surface area contributed by atoms with Crippen molar-refractivity contribution in [1.82, 2.24) is 5.32 Å². The number of carbonyl (C=O) groups excluding carboxylic acids is 2. The molecule has 96 valence electrons. The number of aliphatic hydroxyl groups is 1. The molecular weight excluding hydrogens is 256 g/mol. The van der Waals surface area contributed by atoms with Crippen molar-refractivity contribution < 1.29 is 14.7 Å². The molecule has 2 N–H and O–H groups in total. The van der Waals surface area contributed by atoms with Gasteiger partial charge in [0.15, 0.2) is 0 Å². The van der Waals surface area contributed by atoms with Gasteiger partial charge in [-0.15, -0.1) is 0 Å². The number of benzene rings is 1. The highest BCUT2D eigenvalue weighted by Gasteiger charge is 2.29. The monoisotopic (exact) mass is 268 g/mol. The summed E-state index contributed by atoms with van der Waals surface area (Å²) in [6.07, 6.45) is -0.524. The van der Waals surface area contributed by atoms with Gasteiger partial charge in [-0.3, -0.25) is 9.59 Å². The number of rotatable bonds is 2. The minimum Gasteiger partial charge on any atom is -0.391 e. The summed E-state index contributed by atoms with van der Waals surface area (Å²) in [5.74, 6) is -0.425. The van der Waals surface area contributed by atoms with Crippen molar-refractivity contribution in [2.45, 2.75) is 12.5 Å². The number of nitrogens with one attached hydrogen (secondary N) is 1. The molecule has 5 nitrogen and oxygen atoms in total.